The Balaban J connectivity index is 0.910. The standard InChI is InChI=1S/C76H50B2N6Te2/c1-5-25-51(26-6-1)81(52-27-7-2-8-28-52)55-45-69-75-73(47-55)85-71-50-72-62(49-61(71)77(75)59-35-15-19-41-67(59)83(69)54-31-11-4-12-32-54)78-60-36-16-20-42-68(60)84(66-40-18-14-34-58(66)64-38-22-24-44-80-64)70-46-56(48-74(86-72)76(70)78)82(53-29-9-3-10-30-53)65-39-17-13-33-57(65)63-37-21-23-43-79-63/h1-50H. The van der Waals surface area contributed by atoms with Gasteiger partial charge in [-0.05, 0) is 0 Å². The maximum absolute atomic E-state index is 4.99. The van der Waals surface area contributed by atoms with Gasteiger partial charge in [-0.3, -0.25) is 0 Å². The molecule has 4 aliphatic rings. The van der Waals surface area contributed by atoms with E-state index in [1.54, 1.807) is 3.61 Å². The fourth-order valence-corrected chi connectivity index (χ4v) is 21.3. The Labute approximate surface area is 522 Å². The number of nitrogens with zero attached hydrogens (tertiary/aromatic N) is 6. The van der Waals surface area contributed by atoms with Gasteiger partial charge in [0.1, 0.15) is 0 Å². The molecule has 0 atom stereocenters. The van der Waals surface area contributed by atoms with Crippen LogP contribution in [0, 0.1) is 0 Å². The molecule has 0 unspecified atom stereocenters. The first-order valence-corrected chi connectivity index (χ1v) is 33.8. The van der Waals surface area contributed by atoms with Gasteiger partial charge in [0.05, 0.1) is 0 Å². The van der Waals surface area contributed by atoms with Crippen molar-refractivity contribution in [2.45, 2.75) is 0 Å². The summed E-state index contributed by atoms with van der Waals surface area (Å²) in [5, 5.41) is 0. The summed E-state index contributed by atoms with van der Waals surface area (Å²) in [5.41, 5.74) is 26.3. The zero-order valence-corrected chi connectivity index (χ0v) is 51.2. The van der Waals surface area contributed by atoms with Crippen LogP contribution < -0.4 is 66.8 Å². The second-order valence-corrected chi connectivity index (χ2v) is 28.2. The summed E-state index contributed by atoms with van der Waals surface area (Å²) in [7, 11) is 0. The molecule has 2 aromatic heterocycles. The molecule has 0 spiro atoms. The van der Waals surface area contributed by atoms with Gasteiger partial charge < -0.3 is 0 Å². The first-order chi connectivity index (χ1) is 42.7. The van der Waals surface area contributed by atoms with Crippen LogP contribution in [0.1, 0.15) is 0 Å². The Morgan fingerprint density at radius 1 is 0.291 bits per heavy atom. The quantitative estimate of drug-likeness (QED) is 0.127. The first kappa shape index (κ1) is 51.1. The van der Waals surface area contributed by atoms with E-state index in [0.717, 1.165) is 62.3 Å². The van der Waals surface area contributed by atoms with Gasteiger partial charge in [-0.2, -0.15) is 0 Å². The minimum atomic E-state index is -1.03. The maximum atomic E-state index is 4.99. The summed E-state index contributed by atoms with van der Waals surface area (Å²) in [6.07, 6.45) is 3.80. The van der Waals surface area contributed by atoms with Crippen molar-refractivity contribution in [2.24, 2.45) is 0 Å². The van der Waals surface area contributed by atoms with Crippen molar-refractivity contribution >= 4 is 171 Å². The van der Waals surface area contributed by atoms with E-state index < -0.39 is 41.8 Å². The molecule has 402 valence electrons. The van der Waals surface area contributed by atoms with E-state index in [1.807, 2.05) is 24.5 Å². The Morgan fingerprint density at radius 3 is 1.28 bits per heavy atom. The number of benzene rings is 11. The van der Waals surface area contributed by atoms with Crippen LogP contribution in [0.15, 0.2) is 304 Å². The van der Waals surface area contributed by atoms with Crippen LogP contribution in [0.25, 0.3) is 22.5 Å². The van der Waals surface area contributed by atoms with Gasteiger partial charge in [-0.15, -0.1) is 0 Å². The summed E-state index contributed by atoms with van der Waals surface area (Å²) in [5.74, 6) is 0. The topological polar surface area (TPSA) is 38.7 Å². The van der Waals surface area contributed by atoms with E-state index in [4.69, 9.17) is 9.97 Å². The first-order valence-electron chi connectivity index (χ1n) is 29.2. The molecular weight excluding hydrogens is 1270 g/mol. The third-order valence-electron chi connectivity index (χ3n) is 17.2. The van der Waals surface area contributed by atoms with Crippen molar-refractivity contribution in [1.82, 2.24) is 9.97 Å². The number of hydrogen-bond donors (Lipinski definition) is 0. The monoisotopic (exact) mass is 1330 g/mol. The van der Waals surface area contributed by atoms with Gasteiger partial charge >= 0.3 is 526 Å². The van der Waals surface area contributed by atoms with Crippen molar-refractivity contribution in [3.8, 4) is 22.5 Å². The molecule has 86 heavy (non-hydrogen) atoms. The van der Waals surface area contributed by atoms with Crippen LogP contribution in [0.3, 0.4) is 0 Å². The Hall–Kier alpha value is -9.37. The number of hydrogen-bond acceptors (Lipinski definition) is 6. The Bertz CT molecular complexity index is 4710. The van der Waals surface area contributed by atoms with Crippen molar-refractivity contribution in [3.63, 3.8) is 0 Å². The molecule has 0 aliphatic carbocycles. The molecule has 0 saturated heterocycles. The van der Waals surface area contributed by atoms with Crippen LogP contribution in [-0.4, -0.2) is 65.2 Å². The van der Waals surface area contributed by atoms with Crippen LogP contribution >= 0.6 is 0 Å². The second-order valence-electron chi connectivity index (χ2n) is 22.0. The molecule has 13 aromatic rings. The number of aromatic nitrogens is 2. The number of pyridine rings is 2. The number of rotatable bonds is 10. The second kappa shape index (κ2) is 21.3. The Morgan fingerprint density at radius 2 is 0.721 bits per heavy atom. The van der Waals surface area contributed by atoms with E-state index >= 15 is 0 Å². The summed E-state index contributed by atoms with van der Waals surface area (Å²) in [4.78, 5) is 20.0. The van der Waals surface area contributed by atoms with E-state index in [0.29, 0.717) is 0 Å². The van der Waals surface area contributed by atoms with Crippen molar-refractivity contribution < 1.29 is 0 Å². The van der Waals surface area contributed by atoms with E-state index in [-0.39, 0.29) is 13.4 Å². The fraction of sp³-hybridized carbons (Fsp3) is 0. The van der Waals surface area contributed by atoms with Gasteiger partial charge in [0, 0.05) is 0 Å². The summed E-state index contributed by atoms with van der Waals surface area (Å²) >= 11 is -1.98. The normalized spacial score (nSPS) is 12.9. The number of fused-ring (bicyclic) bond motifs is 8. The molecular formula is C76H50B2N6Te2. The van der Waals surface area contributed by atoms with Crippen LogP contribution in [0.4, 0.5) is 68.2 Å². The third kappa shape index (κ3) is 8.46. The van der Waals surface area contributed by atoms with E-state index in [1.165, 1.54) is 72.0 Å². The molecule has 0 amide bonds. The van der Waals surface area contributed by atoms with Gasteiger partial charge in [0.15, 0.2) is 0 Å². The molecule has 11 aromatic carbocycles. The van der Waals surface area contributed by atoms with Crippen molar-refractivity contribution in [2.75, 3.05) is 19.6 Å². The molecule has 0 bridgehead atoms. The molecule has 0 N–H and O–H groups in total. The number of anilines is 12. The molecule has 17 rings (SSSR count). The Kier molecular flexibility index (Phi) is 12.7. The van der Waals surface area contributed by atoms with Gasteiger partial charge in [-0.25, -0.2) is 0 Å². The molecule has 4 aliphatic heterocycles. The van der Waals surface area contributed by atoms with Crippen LogP contribution in [0.2, 0.25) is 0 Å². The average Bonchev–Trinajstić information content (AvgIpc) is 1.23. The molecule has 0 fully saturated rings. The number of para-hydroxylation sites is 8. The predicted molar refractivity (Wildman–Crippen MR) is 364 cm³/mol. The summed E-state index contributed by atoms with van der Waals surface area (Å²) in [6, 6.07) is 108. The molecule has 0 saturated carbocycles. The predicted octanol–water partition coefficient (Wildman–Crippen LogP) is 11.3. The van der Waals surface area contributed by atoms with Gasteiger partial charge in [-0.1, -0.05) is 0 Å². The van der Waals surface area contributed by atoms with Crippen molar-refractivity contribution in [1.29, 1.82) is 0 Å². The van der Waals surface area contributed by atoms with Gasteiger partial charge in [0.2, 0.25) is 0 Å². The third-order valence-corrected chi connectivity index (χ3v) is 23.7. The SMILES string of the molecule is c1ccc(N(c2ccccc2)c2cc3c4c(c2)N(c2ccccc2)c2ccccc2B4c2cc4c(cc2[Te]3)[Te]c2cc(N(c3ccccc3)c3ccccc3-c3ccccn3)cc3c2B4c2ccccc2N3c2ccccc2-c2ccccn2)cc1. The minimum absolute atomic E-state index is 0.0116. The van der Waals surface area contributed by atoms with Crippen LogP contribution in [-0.2, 0) is 0 Å². The van der Waals surface area contributed by atoms with Gasteiger partial charge in [0.25, 0.3) is 0 Å². The molecule has 6 nitrogen and oxygen atoms in total. The molecule has 10 heteroatoms. The van der Waals surface area contributed by atoms with Crippen LogP contribution in [0.5, 0.6) is 0 Å². The molecule has 0 radical (unpaired) electrons. The summed E-state index contributed by atoms with van der Waals surface area (Å²) < 4.78 is 6.01. The fourth-order valence-electron chi connectivity index (χ4n) is 13.7. The zero-order chi connectivity index (χ0) is 56.7. The summed E-state index contributed by atoms with van der Waals surface area (Å²) in [6.45, 7) is 0.0248. The van der Waals surface area contributed by atoms with Crippen molar-refractivity contribution in [3.05, 3.63) is 304 Å². The zero-order valence-electron chi connectivity index (χ0n) is 46.5. The molecule has 6 heterocycles. The average molecular weight is 1320 g/mol. The van der Waals surface area contributed by atoms with E-state index in [9.17, 15) is 0 Å². The van der Waals surface area contributed by atoms with E-state index in [2.05, 4.69) is 299 Å².